The maximum atomic E-state index is 13.6. The molecule has 1 aromatic carbocycles. The van der Waals surface area contributed by atoms with E-state index in [1.165, 1.54) is 5.56 Å². The van der Waals surface area contributed by atoms with Gasteiger partial charge in [0.2, 0.25) is 17.7 Å². The summed E-state index contributed by atoms with van der Waals surface area (Å²) in [6.07, 6.45) is 6.14. The Hall–Kier alpha value is -2.41. The monoisotopic (exact) mass is 514 g/mol. The van der Waals surface area contributed by atoms with E-state index < -0.39 is 12.1 Å². The Kier molecular flexibility index (Phi) is 13.7. The molecule has 2 atom stereocenters. The minimum atomic E-state index is -0.563. The van der Waals surface area contributed by atoms with Gasteiger partial charge in [-0.15, -0.1) is 0 Å². The molecule has 2 N–H and O–H groups in total. The second-order valence-corrected chi connectivity index (χ2v) is 11.3. The van der Waals surface area contributed by atoms with Crippen LogP contribution in [0, 0.1) is 11.8 Å². The fourth-order valence-electron chi connectivity index (χ4n) is 4.66. The third kappa shape index (κ3) is 11.7. The van der Waals surface area contributed by atoms with Crippen molar-refractivity contribution in [2.75, 3.05) is 32.7 Å². The lowest BCUT2D eigenvalue weighted by Gasteiger charge is -2.30. The average molecular weight is 515 g/mol. The van der Waals surface area contributed by atoms with Crippen LogP contribution >= 0.6 is 0 Å². The summed E-state index contributed by atoms with van der Waals surface area (Å²) in [5, 5.41) is 6.10. The molecule has 2 rings (SSSR count). The van der Waals surface area contributed by atoms with Crippen LogP contribution in [-0.2, 0) is 20.8 Å². The molecule has 0 unspecified atom stereocenters. The van der Waals surface area contributed by atoms with Crippen LogP contribution in [0.15, 0.2) is 30.3 Å². The first kappa shape index (κ1) is 30.8. The molecule has 0 aromatic heterocycles. The Morgan fingerprint density at radius 3 is 2.22 bits per heavy atom. The minimum Gasteiger partial charge on any atom is -0.343 e. The summed E-state index contributed by atoms with van der Waals surface area (Å²) < 4.78 is 0. The second-order valence-electron chi connectivity index (χ2n) is 11.3. The highest BCUT2D eigenvalue weighted by atomic mass is 16.2. The molecular weight excluding hydrogens is 464 g/mol. The summed E-state index contributed by atoms with van der Waals surface area (Å²) in [5.74, 6) is 0.584. The molecule has 0 aliphatic carbocycles. The van der Waals surface area contributed by atoms with E-state index in [9.17, 15) is 14.4 Å². The number of aryl methyl sites for hydroxylation is 1. The first-order chi connectivity index (χ1) is 17.7. The number of benzene rings is 1. The number of rotatable bonds is 9. The zero-order chi connectivity index (χ0) is 27.2. The van der Waals surface area contributed by atoms with Crippen LogP contribution in [0.4, 0.5) is 0 Å². The largest absolute Gasteiger partial charge is 0.343 e. The van der Waals surface area contributed by atoms with Gasteiger partial charge in [-0.05, 0) is 69.3 Å². The van der Waals surface area contributed by atoms with Gasteiger partial charge in [0.15, 0.2) is 0 Å². The van der Waals surface area contributed by atoms with Gasteiger partial charge in [0.1, 0.15) is 6.04 Å². The Labute approximate surface area is 224 Å². The first-order valence-corrected chi connectivity index (χ1v) is 14.3. The molecule has 1 fully saturated rings. The third-order valence-corrected chi connectivity index (χ3v) is 7.01. The van der Waals surface area contributed by atoms with Gasteiger partial charge in [0, 0.05) is 26.2 Å². The SMILES string of the molecule is CC(C)CCN1CCCCCN(CCCc2ccccc2)C(=O)CN[C@@H](C)C(=O)N[C@@H](CC(C)C)C1=O. The van der Waals surface area contributed by atoms with E-state index in [0.717, 1.165) is 38.5 Å². The van der Waals surface area contributed by atoms with Gasteiger partial charge in [-0.25, -0.2) is 0 Å². The van der Waals surface area contributed by atoms with Crippen molar-refractivity contribution in [3.05, 3.63) is 35.9 Å². The molecule has 0 bridgehead atoms. The first-order valence-electron chi connectivity index (χ1n) is 14.3. The number of hydrogen-bond donors (Lipinski definition) is 2. The number of carbonyl (C=O) groups excluding carboxylic acids is 3. The number of nitrogens with zero attached hydrogens (tertiary/aromatic N) is 2. The van der Waals surface area contributed by atoms with Crippen molar-refractivity contribution in [1.82, 2.24) is 20.4 Å². The van der Waals surface area contributed by atoms with Crippen LogP contribution < -0.4 is 10.6 Å². The Morgan fingerprint density at radius 2 is 1.57 bits per heavy atom. The molecule has 7 heteroatoms. The van der Waals surface area contributed by atoms with Crippen molar-refractivity contribution >= 4 is 17.7 Å². The van der Waals surface area contributed by atoms with Crippen molar-refractivity contribution in [3.63, 3.8) is 0 Å². The van der Waals surface area contributed by atoms with Gasteiger partial charge < -0.3 is 15.1 Å². The molecule has 3 amide bonds. The quantitative estimate of drug-likeness (QED) is 0.522. The van der Waals surface area contributed by atoms with Crippen LogP contribution in [0.3, 0.4) is 0 Å². The second kappa shape index (κ2) is 16.4. The van der Waals surface area contributed by atoms with Crippen molar-refractivity contribution in [3.8, 4) is 0 Å². The van der Waals surface area contributed by atoms with Crippen molar-refractivity contribution in [1.29, 1.82) is 0 Å². The number of amides is 3. The average Bonchev–Trinajstić information content (AvgIpc) is 2.86. The lowest BCUT2D eigenvalue weighted by Crippen LogP contribution is -2.54. The van der Waals surface area contributed by atoms with Crippen LogP contribution in [0.5, 0.6) is 0 Å². The van der Waals surface area contributed by atoms with Gasteiger partial charge in [-0.3, -0.25) is 19.7 Å². The highest BCUT2D eigenvalue weighted by Crippen LogP contribution is 2.13. The predicted octanol–water partition coefficient (Wildman–Crippen LogP) is 4.02. The molecule has 1 saturated heterocycles. The normalized spacial score (nSPS) is 21.2. The van der Waals surface area contributed by atoms with Crippen LogP contribution in [-0.4, -0.2) is 72.3 Å². The van der Waals surface area contributed by atoms with Gasteiger partial charge in [0.25, 0.3) is 0 Å². The third-order valence-electron chi connectivity index (χ3n) is 7.01. The molecule has 7 nitrogen and oxygen atoms in total. The highest BCUT2D eigenvalue weighted by Gasteiger charge is 2.28. The smallest absolute Gasteiger partial charge is 0.245 e. The van der Waals surface area contributed by atoms with E-state index in [-0.39, 0.29) is 30.2 Å². The van der Waals surface area contributed by atoms with E-state index in [1.54, 1.807) is 6.92 Å². The molecule has 1 aliphatic rings. The molecule has 37 heavy (non-hydrogen) atoms. The minimum absolute atomic E-state index is 0.0170. The summed E-state index contributed by atoms with van der Waals surface area (Å²) in [7, 11) is 0. The van der Waals surface area contributed by atoms with Crippen molar-refractivity contribution < 1.29 is 14.4 Å². The van der Waals surface area contributed by atoms with Gasteiger partial charge in [-0.2, -0.15) is 0 Å². The zero-order valence-electron chi connectivity index (χ0n) is 23.8. The number of carbonyl (C=O) groups is 3. The van der Waals surface area contributed by atoms with Gasteiger partial charge in [-0.1, -0.05) is 58.0 Å². The van der Waals surface area contributed by atoms with E-state index >= 15 is 0 Å². The fourth-order valence-corrected chi connectivity index (χ4v) is 4.66. The Morgan fingerprint density at radius 1 is 0.892 bits per heavy atom. The fraction of sp³-hybridized carbons (Fsp3) is 0.700. The van der Waals surface area contributed by atoms with Gasteiger partial charge in [0.05, 0.1) is 12.6 Å². The molecule has 208 valence electrons. The molecule has 0 spiro atoms. The van der Waals surface area contributed by atoms with Crippen molar-refractivity contribution in [2.45, 2.75) is 91.6 Å². The topological polar surface area (TPSA) is 81.8 Å². The molecule has 0 radical (unpaired) electrons. The van der Waals surface area contributed by atoms with Gasteiger partial charge >= 0.3 is 0 Å². The predicted molar refractivity (Wildman–Crippen MR) is 150 cm³/mol. The number of nitrogens with one attached hydrogen (secondary N) is 2. The van der Waals surface area contributed by atoms with Crippen LogP contribution in [0.1, 0.15) is 78.7 Å². The standard InChI is InChI=1S/C30H50N4O3/c1-23(2)16-20-34-18-11-7-10-17-33(19-12-15-26-13-8-6-9-14-26)28(35)22-31-25(5)29(36)32-27(30(34)37)21-24(3)4/h6,8-9,13-14,23-25,27,31H,7,10-12,15-22H2,1-5H3,(H,32,36)/t25-,27-/m0/s1. The van der Waals surface area contributed by atoms with Crippen LogP contribution in [0.2, 0.25) is 0 Å². The van der Waals surface area contributed by atoms with E-state index in [0.29, 0.717) is 38.5 Å². The molecular formula is C30H50N4O3. The summed E-state index contributed by atoms with van der Waals surface area (Å²) in [5.41, 5.74) is 1.28. The zero-order valence-corrected chi connectivity index (χ0v) is 23.8. The molecule has 1 aromatic rings. The summed E-state index contributed by atoms with van der Waals surface area (Å²) >= 11 is 0. The highest BCUT2D eigenvalue weighted by molar-refractivity contribution is 5.90. The maximum Gasteiger partial charge on any atom is 0.245 e. The molecule has 0 saturated carbocycles. The van der Waals surface area contributed by atoms with E-state index in [1.807, 2.05) is 28.0 Å². The van der Waals surface area contributed by atoms with E-state index in [4.69, 9.17) is 0 Å². The molecule has 1 aliphatic heterocycles. The van der Waals surface area contributed by atoms with Crippen LogP contribution in [0.25, 0.3) is 0 Å². The lowest BCUT2D eigenvalue weighted by molar-refractivity contribution is -0.137. The Bertz CT molecular complexity index is 827. The molecule has 1 heterocycles. The summed E-state index contributed by atoms with van der Waals surface area (Å²) in [6, 6.07) is 9.24. The Balaban J connectivity index is 2.10. The van der Waals surface area contributed by atoms with E-state index in [2.05, 4.69) is 50.5 Å². The maximum absolute atomic E-state index is 13.6. The lowest BCUT2D eigenvalue weighted by atomic mass is 10.0. The summed E-state index contributed by atoms with van der Waals surface area (Å²) in [6.45, 7) is 13.1. The summed E-state index contributed by atoms with van der Waals surface area (Å²) in [4.78, 5) is 43.5. The van der Waals surface area contributed by atoms with Crippen molar-refractivity contribution in [2.24, 2.45) is 11.8 Å². The number of hydrogen-bond acceptors (Lipinski definition) is 4.